The number of nitrogens with zero attached hydrogens (tertiary/aromatic N) is 3. The summed E-state index contributed by atoms with van der Waals surface area (Å²) in [6.07, 6.45) is 1.64. The summed E-state index contributed by atoms with van der Waals surface area (Å²) >= 11 is 7.78. The van der Waals surface area contributed by atoms with Crippen molar-refractivity contribution in [3.63, 3.8) is 0 Å². The number of carbonyl (C=O) groups excluding carboxylic acids is 1. The van der Waals surface area contributed by atoms with Crippen LogP contribution in [0.2, 0.25) is 0 Å². The Hall–Kier alpha value is -2.32. The Morgan fingerprint density at radius 3 is 2.39 bits per heavy atom. The van der Waals surface area contributed by atoms with Crippen LogP contribution in [0.1, 0.15) is 37.7 Å². The Morgan fingerprint density at radius 1 is 1.11 bits per heavy atom. The number of aryl methyl sites for hydroxylation is 1. The van der Waals surface area contributed by atoms with Crippen molar-refractivity contribution in [2.24, 2.45) is 5.10 Å². The lowest BCUT2D eigenvalue weighted by atomic mass is 9.95. The first-order chi connectivity index (χ1) is 17.9. The molecule has 4 rings (SSSR count). The SMILES string of the molecule is Cc1ccc(NC(=O)COc2c(I)cc(C=Nn3c(C(C)(C)C)nc4ccc(Br)cc4c3=O)cc2I)cc1. The summed E-state index contributed by atoms with van der Waals surface area (Å²) in [5.74, 6) is 0.945. The Labute approximate surface area is 256 Å². The van der Waals surface area contributed by atoms with Crippen LogP contribution in [0.5, 0.6) is 5.75 Å². The summed E-state index contributed by atoms with van der Waals surface area (Å²) < 4.78 is 9.66. The van der Waals surface area contributed by atoms with E-state index >= 15 is 0 Å². The second-order valence-corrected chi connectivity index (χ2v) is 13.0. The molecule has 196 valence electrons. The number of rotatable bonds is 6. The molecule has 1 aromatic heterocycles. The van der Waals surface area contributed by atoms with Crippen molar-refractivity contribution in [3.05, 3.63) is 93.5 Å². The van der Waals surface area contributed by atoms with Gasteiger partial charge in [-0.15, -0.1) is 0 Å². The van der Waals surface area contributed by atoms with Crippen LogP contribution >= 0.6 is 61.1 Å². The molecule has 0 atom stereocenters. The highest BCUT2D eigenvalue weighted by Crippen LogP contribution is 2.29. The fourth-order valence-electron chi connectivity index (χ4n) is 3.63. The molecule has 1 N–H and O–H groups in total. The van der Waals surface area contributed by atoms with Gasteiger partial charge in [-0.25, -0.2) is 4.98 Å². The van der Waals surface area contributed by atoms with Crippen LogP contribution in [0, 0.1) is 14.1 Å². The molecular formula is C28H25BrI2N4O3. The predicted molar refractivity (Wildman–Crippen MR) is 173 cm³/mol. The molecule has 3 aromatic carbocycles. The first kappa shape index (κ1) is 28.7. The van der Waals surface area contributed by atoms with Gasteiger partial charge < -0.3 is 10.1 Å². The smallest absolute Gasteiger partial charge is 0.282 e. The van der Waals surface area contributed by atoms with Gasteiger partial charge in [0.15, 0.2) is 6.61 Å². The van der Waals surface area contributed by atoms with Gasteiger partial charge in [0, 0.05) is 15.6 Å². The van der Waals surface area contributed by atoms with Crippen molar-refractivity contribution < 1.29 is 9.53 Å². The summed E-state index contributed by atoms with van der Waals surface area (Å²) in [4.78, 5) is 30.5. The highest BCUT2D eigenvalue weighted by atomic mass is 127. The minimum Gasteiger partial charge on any atom is -0.482 e. The molecule has 0 spiro atoms. The molecule has 4 aromatic rings. The average Bonchev–Trinajstić information content (AvgIpc) is 2.84. The van der Waals surface area contributed by atoms with Gasteiger partial charge in [0.2, 0.25) is 0 Å². The van der Waals surface area contributed by atoms with E-state index in [1.54, 1.807) is 12.3 Å². The minimum absolute atomic E-state index is 0.115. The average molecular weight is 799 g/mol. The zero-order valence-corrected chi connectivity index (χ0v) is 27.1. The summed E-state index contributed by atoms with van der Waals surface area (Å²) in [6, 6.07) is 16.8. The second-order valence-electron chi connectivity index (χ2n) is 9.72. The number of fused-ring (bicyclic) bond motifs is 1. The van der Waals surface area contributed by atoms with E-state index in [1.807, 2.05) is 76.2 Å². The zero-order chi connectivity index (χ0) is 27.6. The van der Waals surface area contributed by atoms with E-state index in [4.69, 9.17) is 9.72 Å². The topological polar surface area (TPSA) is 85.6 Å². The number of benzene rings is 3. The lowest BCUT2D eigenvalue weighted by Crippen LogP contribution is -2.29. The molecule has 7 nitrogen and oxygen atoms in total. The highest BCUT2D eigenvalue weighted by Gasteiger charge is 2.23. The van der Waals surface area contributed by atoms with Crippen LogP contribution in [0.4, 0.5) is 5.69 Å². The van der Waals surface area contributed by atoms with Crippen LogP contribution in [0.25, 0.3) is 10.9 Å². The maximum Gasteiger partial charge on any atom is 0.282 e. The number of carbonyl (C=O) groups is 1. The van der Waals surface area contributed by atoms with Gasteiger partial charge in [-0.05, 0) is 100 Å². The van der Waals surface area contributed by atoms with E-state index < -0.39 is 5.41 Å². The largest absolute Gasteiger partial charge is 0.482 e. The van der Waals surface area contributed by atoms with Gasteiger partial charge in [-0.2, -0.15) is 9.78 Å². The van der Waals surface area contributed by atoms with Gasteiger partial charge in [0.25, 0.3) is 11.5 Å². The van der Waals surface area contributed by atoms with E-state index in [0.29, 0.717) is 22.5 Å². The molecule has 0 aliphatic heterocycles. The number of hydrogen-bond donors (Lipinski definition) is 1. The molecule has 0 radical (unpaired) electrons. The minimum atomic E-state index is -0.405. The number of anilines is 1. The van der Waals surface area contributed by atoms with E-state index in [2.05, 4.69) is 71.5 Å². The highest BCUT2D eigenvalue weighted by molar-refractivity contribution is 14.1. The number of amides is 1. The van der Waals surface area contributed by atoms with Crippen molar-refractivity contribution in [1.29, 1.82) is 0 Å². The van der Waals surface area contributed by atoms with Crippen LogP contribution in [0.3, 0.4) is 0 Å². The molecule has 1 amide bonds. The third kappa shape index (κ3) is 6.81. The predicted octanol–water partition coefficient (Wildman–Crippen LogP) is 6.87. The maximum absolute atomic E-state index is 13.4. The Bertz CT molecular complexity index is 1590. The monoisotopic (exact) mass is 798 g/mol. The molecule has 0 aliphatic carbocycles. The molecule has 0 saturated heterocycles. The summed E-state index contributed by atoms with van der Waals surface area (Å²) in [5, 5.41) is 7.87. The molecule has 10 heteroatoms. The molecular weight excluding hydrogens is 774 g/mol. The molecule has 0 fully saturated rings. The molecule has 38 heavy (non-hydrogen) atoms. The van der Waals surface area contributed by atoms with Crippen molar-refractivity contribution in [2.45, 2.75) is 33.1 Å². The summed E-state index contributed by atoms with van der Waals surface area (Å²) in [5.41, 5.74) is 2.62. The van der Waals surface area contributed by atoms with Gasteiger partial charge in [-0.1, -0.05) is 54.4 Å². The van der Waals surface area contributed by atoms with Crippen molar-refractivity contribution in [3.8, 4) is 5.75 Å². The van der Waals surface area contributed by atoms with Crippen LogP contribution < -0.4 is 15.6 Å². The number of hydrogen-bond acceptors (Lipinski definition) is 5. The molecule has 0 bridgehead atoms. The summed E-state index contributed by atoms with van der Waals surface area (Å²) in [7, 11) is 0. The van der Waals surface area contributed by atoms with Crippen molar-refractivity contribution in [2.75, 3.05) is 11.9 Å². The second kappa shape index (κ2) is 11.8. The number of aromatic nitrogens is 2. The van der Waals surface area contributed by atoms with Crippen molar-refractivity contribution >= 4 is 89.8 Å². The third-order valence-corrected chi connectivity index (χ3v) is 7.60. The summed E-state index contributed by atoms with van der Waals surface area (Å²) in [6.45, 7) is 7.87. The number of ether oxygens (including phenoxy) is 1. The standard InChI is InChI=1S/C28H25BrI2N4O3/c1-16-5-8-19(9-6-16)33-24(36)15-38-25-21(30)11-17(12-22(25)31)14-32-35-26(37)20-13-18(29)7-10-23(20)34-27(35)28(2,3)4/h5-14H,15H2,1-4H3,(H,33,36). The molecule has 0 aliphatic rings. The van der Waals surface area contributed by atoms with E-state index in [9.17, 15) is 9.59 Å². The van der Waals surface area contributed by atoms with Crippen LogP contribution in [-0.2, 0) is 10.2 Å². The van der Waals surface area contributed by atoms with Gasteiger partial charge >= 0.3 is 0 Å². The Balaban J connectivity index is 1.58. The van der Waals surface area contributed by atoms with E-state index in [1.165, 1.54) is 4.68 Å². The Kier molecular flexibility index (Phi) is 8.92. The van der Waals surface area contributed by atoms with Crippen molar-refractivity contribution in [1.82, 2.24) is 9.66 Å². The van der Waals surface area contributed by atoms with E-state index in [0.717, 1.165) is 28.4 Å². The van der Waals surface area contributed by atoms with Gasteiger partial charge in [-0.3, -0.25) is 9.59 Å². The Morgan fingerprint density at radius 2 is 1.76 bits per heavy atom. The van der Waals surface area contributed by atoms with Crippen LogP contribution in [-0.4, -0.2) is 28.4 Å². The number of halogens is 3. The normalized spacial score (nSPS) is 11.8. The first-order valence-corrected chi connectivity index (χ1v) is 14.6. The van der Waals surface area contributed by atoms with Gasteiger partial charge in [0.05, 0.1) is 24.3 Å². The fourth-order valence-corrected chi connectivity index (χ4v) is 6.12. The molecule has 0 unspecified atom stereocenters. The molecule has 0 saturated carbocycles. The van der Waals surface area contributed by atoms with Gasteiger partial charge in [0.1, 0.15) is 11.6 Å². The quantitative estimate of drug-likeness (QED) is 0.171. The number of nitrogens with one attached hydrogen (secondary N) is 1. The lowest BCUT2D eigenvalue weighted by Gasteiger charge is -2.21. The maximum atomic E-state index is 13.4. The lowest BCUT2D eigenvalue weighted by molar-refractivity contribution is -0.118. The molecule has 1 heterocycles. The first-order valence-electron chi connectivity index (χ1n) is 11.7. The fraction of sp³-hybridized carbons (Fsp3) is 0.214. The van der Waals surface area contributed by atoms with Crippen LogP contribution in [0.15, 0.2) is 69.0 Å². The zero-order valence-electron chi connectivity index (χ0n) is 21.2. The third-order valence-electron chi connectivity index (χ3n) is 5.50. The van der Waals surface area contributed by atoms with E-state index in [-0.39, 0.29) is 18.1 Å².